The predicted octanol–water partition coefficient (Wildman–Crippen LogP) is 1.71. The summed E-state index contributed by atoms with van der Waals surface area (Å²) in [6, 6.07) is 0. The minimum Gasteiger partial charge on any atom is -0.205 e. The zero-order valence-electron chi connectivity index (χ0n) is 3.91. The average Bonchev–Trinajstić information content (AvgIpc) is 1.63. The fourth-order valence-corrected chi connectivity index (χ4v) is 0.587. The standard InChI is InChI=1S/C4H6F2S/c1-3(7)2-4(3,5)6/h7H,2H2,1H3. The highest BCUT2D eigenvalue weighted by molar-refractivity contribution is 7.82. The monoisotopic (exact) mass is 124 g/mol. The van der Waals surface area contributed by atoms with Crippen LogP contribution in [0.5, 0.6) is 0 Å². The number of alkyl halides is 2. The molecule has 1 aliphatic rings. The minimum absolute atomic E-state index is 0.0664. The molecule has 0 bridgehead atoms. The van der Waals surface area contributed by atoms with E-state index < -0.39 is 10.7 Å². The van der Waals surface area contributed by atoms with Gasteiger partial charge in [0.25, 0.3) is 5.92 Å². The van der Waals surface area contributed by atoms with E-state index in [2.05, 4.69) is 12.6 Å². The second-order valence-electron chi connectivity index (χ2n) is 2.16. The molecule has 1 unspecified atom stereocenters. The van der Waals surface area contributed by atoms with Gasteiger partial charge >= 0.3 is 0 Å². The first-order valence-electron chi connectivity index (χ1n) is 2.06. The quantitative estimate of drug-likeness (QED) is 0.467. The van der Waals surface area contributed by atoms with Crippen LogP contribution in [0.15, 0.2) is 0 Å². The number of thiol groups is 1. The number of hydrogen-bond donors (Lipinski definition) is 1. The van der Waals surface area contributed by atoms with E-state index in [9.17, 15) is 8.78 Å². The number of halogens is 2. The van der Waals surface area contributed by atoms with E-state index in [1.54, 1.807) is 0 Å². The second-order valence-corrected chi connectivity index (χ2v) is 3.14. The molecule has 3 heteroatoms. The summed E-state index contributed by atoms with van der Waals surface area (Å²) in [6.07, 6.45) is -0.0664. The summed E-state index contributed by atoms with van der Waals surface area (Å²) in [5.41, 5.74) is 0. The molecule has 0 aliphatic heterocycles. The first kappa shape index (κ1) is 5.35. The van der Waals surface area contributed by atoms with E-state index in [0.29, 0.717) is 0 Å². The molecule has 0 aromatic carbocycles. The summed E-state index contributed by atoms with van der Waals surface area (Å²) in [5.74, 6) is -2.49. The molecular weight excluding hydrogens is 118 g/mol. The molecule has 0 N–H and O–H groups in total. The lowest BCUT2D eigenvalue weighted by atomic mass is 10.5. The molecule has 1 fully saturated rings. The molecule has 1 atom stereocenters. The molecule has 42 valence electrons. The Labute approximate surface area is 46.3 Å². The van der Waals surface area contributed by atoms with E-state index in [1.807, 2.05) is 0 Å². The number of rotatable bonds is 0. The predicted molar refractivity (Wildman–Crippen MR) is 27.0 cm³/mol. The van der Waals surface area contributed by atoms with E-state index in [1.165, 1.54) is 6.92 Å². The van der Waals surface area contributed by atoms with Crippen LogP contribution in [0, 0.1) is 0 Å². The lowest BCUT2D eigenvalue weighted by molar-refractivity contribution is 0.109. The molecule has 7 heavy (non-hydrogen) atoms. The fraction of sp³-hybridized carbons (Fsp3) is 1.00. The Balaban J connectivity index is 2.59. The summed E-state index contributed by atoms with van der Waals surface area (Å²) in [4.78, 5) is 0. The molecule has 0 saturated heterocycles. The first-order valence-corrected chi connectivity index (χ1v) is 2.51. The van der Waals surface area contributed by atoms with Gasteiger partial charge in [0.15, 0.2) is 0 Å². The Morgan fingerprint density at radius 2 is 1.71 bits per heavy atom. The van der Waals surface area contributed by atoms with E-state index in [0.717, 1.165) is 0 Å². The Kier molecular flexibility index (Phi) is 0.738. The molecule has 0 amide bonds. The maximum atomic E-state index is 11.8. The van der Waals surface area contributed by atoms with Crippen molar-refractivity contribution in [3.8, 4) is 0 Å². The third-order valence-electron chi connectivity index (χ3n) is 1.23. The highest BCUT2D eigenvalue weighted by Crippen LogP contribution is 2.56. The molecular formula is C4H6F2S. The van der Waals surface area contributed by atoms with Gasteiger partial charge < -0.3 is 0 Å². The largest absolute Gasteiger partial charge is 0.263 e. The van der Waals surface area contributed by atoms with Crippen molar-refractivity contribution in [1.29, 1.82) is 0 Å². The molecule has 1 rings (SSSR count). The second kappa shape index (κ2) is 0.966. The normalized spacial score (nSPS) is 46.3. The Hall–Kier alpha value is 0.210. The highest BCUT2D eigenvalue weighted by Gasteiger charge is 2.65. The Bertz CT molecular complexity index is 85.9. The fourth-order valence-electron chi connectivity index (χ4n) is 0.388. The van der Waals surface area contributed by atoms with Crippen LogP contribution in [-0.2, 0) is 0 Å². The van der Waals surface area contributed by atoms with Crippen molar-refractivity contribution < 1.29 is 8.78 Å². The summed E-state index contributed by atoms with van der Waals surface area (Å²) in [6.45, 7) is 1.44. The van der Waals surface area contributed by atoms with Crippen molar-refractivity contribution in [3.63, 3.8) is 0 Å². The van der Waals surface area contributed by atoms with Crippen molar-refractivity contribution in [1.82, 2.24) is 0 Å². The van der Waals surface area contributed by atoms with Gasteiger partial charge in [-0.25, -0.2) is 8.78 Å². The molecule has 0 radical (unpaired) electrons. The van der Waals surface area contributed by atoms with Crippen LogP contribution >= 0.6 is 12.6 Å². The van der Waals surface area contributed by atoms with Gasteiger partial charge in [0, 0.05) is 6.42 Å². The van der Waals surface area contributed by atoms with Crippen LogP contribution < -0.4 is 0 Å². The van der Waals surface area contributed by atoms with Gasteiger partial charge in [0.2, 0.25) is 0 Å². The minimum atomic E-state index is -2.49. The van der Waals surface area contributed by atoms with Crippen LogP contribution in [0.2, 0.25) is 0 Å². The van der Waals surface area contributed by atoms with Crippen LogP contribution in [0.1, 0.15) is 13.3 Å². The van der Waals surface area contributed by atoms with E-state index in [4.69, 9.17) is 0 Å². The maximum absolute atomic E-state index is 11.8. The van der Waals surface area contributed by atoms with Crippen molar-refractivity contribution >= 4 is 12.6 Å². The van der Waals surface area contributed by atoms with Crippen molar-refractivity contribution in [2.45, 2.75) is 24.0 Å². The third kappa shape index (κ3) is 0.631. The average molecular weight is 124 g/mol. The SMILES string of the molecule is CC1(S)CC1(F)F. The van der Waals surface area contributed by atoms with Crippen molar-refractivity contribution in [3.05, 3.63) is 0 Å². The van der Waals surface area contributed by atoms with Gasteiger partial charge in [-0.15, -0.1) is 0 Å². The van der Waals surface area contributed by atoms with Crippen LogP contribution in [-0.4, -0.2) is 10.7 Å². The van der Waals surface area contributed by atoms with E-state index >= 15 is 0 Å². The maximum Gasteiger partial charge on any atom is 0.263 e. The zero-order valence-corrected chi connectivity index (χ0v) is 4.80. The lowest BCUT2D eigenvalue weighted by Gasteiger charge is -1.95. The molecule has 1 aliphatic carbocycles. The Morgan fingerprint density at radius 3 is 1.71 bits per heavy atom. The van der Waals surface area contributed by atoms with Gasteiger partial charge in [-0.1, -0.05) is 0 Å². The van der Waals surface area contributed by atoms with Crippen LogP contribution in [0.4, 0.5) is 8.78 Å². The lowest BCUT2D eigenvalue weighted by Crippen LogP contribution is -2.03. The van der Waals surface area contributed by atoms with Crippen LogP contribution in [0.25, 0.3) is 0 Å². The first-order chi connectivity index (χ1) is 2.96. The smallest absolute Gasteiger partial charge is 0.205 e. The highest BCUT2D eigenvalue weighted by atomic mass is 32.1. The summed E-state index contributed by atoms with van der Waals surface area (Å²) in [5, 5.41) is 0. The molecule has 1 saturated carbocycles. The molecule has 0 aromatic heterocycles. The zero-order chi connectivity index (χ0) is 5.71. The molecule has 0 spiro atoms. The van der Waals surface area contributed by atoms with E-state index in [-0.39, 0.29) is 6.42 Å². The third-order valence-corrected chi connectivity index (χ3v) is 1.71. The van der Waals surface area contributed by atoms with Crippen molar-refractivity contribution in [2.24, 2.45) is 0 Å². The summed E-state index contributed by atoms with van der Waals surface area (Å²) < 4.78 is 22.7. The van der Waals surface area contributed by atoms with Gasteiger partial charge in [-0.2, -0.15) is 12.6 Å². The molecule has 0 nitrogen and oxygen atoms in total. The van der Waals surface area contributed by atoms with Gasteiger partial charge in [0.1, 0.15) is 0 Å². The molecule has 0 aromatic rings. The van der Waals surface area contributed by atoms with Crippen LogP contribution in [0.3, 0.4) is 0 Å². The topological polar surface area (TPSA) is 0 Å². The van der Waals surface area contributed by atoms with Gasteiger partial charge in [0.05, 0.1) is 4.75 Å². The summed E-state index contributed by atoms with van der Waals surface area (Å²) in [7, 11) is 0. The van der Waals surface area contributed by atoms with Gasteiger partial charge in [-0.3, -0.25) is 0 Å². The molecule has 0 heterocycles. The summed E-state index contributed by atoms with van der Waals surface area (Å²) >= 11 is 3.66. The number of hydrogen-bond acceptors (Lipinski definition) is 1. The Morgan fingerprint density at radius 1 is 1.57 bits per heavy atom. The van der Waals surface area contributed by atoms with Gasteiger partial charge in [-0.05, 0) is 6.92 Å². The van der Waals surface area contributed by atoms with Crippen molar-refractivity contribution in [2.75, 3.05) is 0 Å².